The molecule has 0 spiro atoms. The van der Waals surface area contributed by atoms with Gasteiger partial charge in [0.2, 0.25) is 15.9 Å². The smallest absolute Gasteiger partial charge is 0.242 e. The molecule has 0 bridgehead atoms. The highest BCUT2D eigenvalue weighted by molar-refractivity contribution is 7.89. The molecule has 0 atom stereocenters. The van der Waals surface area contributed by atoms with Gasteiger partial charge in [-0.05, 0) is 30.3 Å². The van der Waals surface area contributed by atoms with E-state index in [9.17, 15) is 13.2 Å². The summed E-state index contributed by atoms with van der Waals surface area (Å²) in [5, 5.41) is 3.11. The van der Waals surface area contributed by atoms with Crippen LogP contribution in [-0.2, 0) is 14.8 Å². The number of carbonyl (C=O) groups excluding carboxylic acids is 1. The minimum Gasteiger partial charge on any atom is -0.495 e. The molecular weight excluding hydrogens is 387 g/mol. The van der Waals surface area contributed by atoms with Gasteiger partial charge in [0.05, 0.1) is 17.2 Å². The number of rotatable bonds is 7. The van der Waals surface area contributed by atoms with E-state index in [1.807, 2.05) is 0 Å². The van der Waals surface area contributed by atoms with Crippen LogP contribution in [0.15, 0.2) is 47.4 Å². The highest BCUT2D eigenvalue weighted by Crippen LogP contribution is 2.27. The van der Waals surface area contributed by atoms with E-state index in [2.05, 4.69) is 10.0 Å². The number of hydrogen-bond donors (Lipinski definition) is 2. The van der Waals surface area contributed by atoms with Gasteiger partial charge in [0.1, 0.15) is 10.6 Å². The van der Waals surface area contributed by atoms with Crippen LogP contribution in [0.2, 0.25) is 10.0 Å². The summed E-state index contributed by atoms with van der Waals surface area (Å²) >= 11 is 11.9. The fourth-order valence-electron chi connectivity index (χ4n) is 2.01. The molecule has 0 aliphatic heterocycles. The lowest BCUT2D eigenvalue weighted by Gasteiger charge is -2.09. The van der Waals surface area contributed by atoms with Crippen molar-refractivity contribution in [3.63, 3.8) is 0 Å². The predicted octanol–water partition coefficient (Wildman–Crippen LogP) is 3.31. The largest absolute Gasteiger partial charge is 0.495 e. The van der Waals surface area contributed by atoms with E-state index in [1.165, 1.54) is 19.2 Å². The van der Waals surface area contributed by atoms with Crippen molar-refractivity contribution < 1.29 is 17.9 Å². The first-order chi connectivity index (χ1) is 11.8. The summed E-state index contributed by atoms with van der Waals surface area (Å²) in [4.78, 5) is 11.9. The van der Waals surface area contributed by atoms with Gasteiger partial charge >= 0.3 is 0 Å². The molecule has 134 valence electrons. The Morgan fingerprint density at radius 1 is 1.12 bits per heavy atom. The molecule has 0 unspecified atom stereocenters. The van der Waals surface area contributed by atoms with Gasteiger partial charge in [-0.25, -0.2) is 13.1 Å². The van der Waals surface area contributed by atoms with Gasteiger partial charge in [0.15, 0.2) is 0 Å². The predicted molar refractivity (Wildman–Crippen MR) is 97.9 cm³/mol. The second kappa shape index (κ2) is 8.53. The molecule has 0 saturated heterocycles. The Morgan fingerprint density at radius 2 is 1.84 bits per heavy atom. The molecule has 0 saturated carbocycles. The van der Waals surface area contributed by atoms with Crippen molar-refractivity contribution in [2.24, 2.45) is 0 Å². The highest BCUT2D eigenvalue weighted by atomic mass is 35.5. The van der Waals surface area contributed by atoms with Crippen LogP contribution in [0.5, 0.6) is 5.75 Å². The molecule has 2 rings (SSSR count). The topological polar surface area (TPSA) is 84.5 Å². The van der Waals surface area contributed by atoms with Gasteiger partial charge in [-0.2, -0.15) is 0 Å². The van der Waals surface area contributed by atoms with Gasteiger partial charge in [-0.1, -0.05) is 35.3 Å². The van der Waals surface area contributed by atoms with E-state index in [4.69, 9.17) is 27.9 Å². The lowest BCUT2D eigenvalue weighted by atomic mass is 10.3. The third-order valence-electron chi connectivity index (χ3n) is 3.21. The molecule has 2 aromatic carbocycles. The summed E-state index contributed by atoms with van der Waals surface area (Å²) in [6.45, 7) is -0.0662. The minimum atomic E-state index is -3.77. The van der Waals surface area contributed by atoms with Crippen molar-refractivity contribution in [1.82, 2.24) is 4.72 Å². The van der Waals surface area contributed by atoms with Crippen LogP contribution >= 0.6 is 23.2 Å². The lowest BCUT2D eigenvalue weighted by molar-refractivity contribution is -0.116. The third-order valence-corrected chi connectivity index (χ3v) is 5.46. The zero-order valence-corrected chi connectivity index (χ0v) is 15.6. The molecular formula is C16H16Cl2N2O4S. The fourth-order valence-corrected chi connectivity index (χ4v) is 3.81. The summed E-state index contributed by atoms with van der Waals surface area (Å²) in [5.41, 5.74) is 0.491. The average Bonchev–Trinajstić information content (AvgIpc) is 2.55. The summed E-state index contributed by atoms with van der Waals surface area (Å²) in [6.07, 6.45) is -0.0483. The van der Waals surface area contributed by atoms with Crippen LogP contribution < -0.4 is 14.8 Å². The van der Waals surface area contributed by atoms with E-state index in [0.29, 0.717) is 16.5 Å². The van der Waals surface area contributed by atoms with Crippen LogP contribution in [0, 0.1) is 0 Å². The quantitative estimate of drug-likeness (QED) is 0.743. The number of nitrogens with one attached hydrogen (secondary N) is 2. The Hall–Kier alpha value is -1.80. The fraction of sp³-hybridized carbons (Fsp3) is 0.188. The SMILES string of the molecule is COc1ccc(NC(=O)CCNS(=O)(=O)c2ccccc2Cl)cc1Cl. The molecule has 0 radical (unpaired) electrons. The first kappa shape index (κ1) is 19.5. The monoisotopic (exact) mass is 402 g/mol. The molecule has 0 aliphatic rings. The van der Waals surface area contributed by atoms with Gasteiger partial charge in [0, 0.05) is 18.7 Å². The van der Waals surface area contributed by atoms with Crippen molar-refractivity contribution in [3.05, 3.63) is 52.5 Å². The molecule has 2 aromatic rings. The summed E-state index contributed by atoms with van der Waals surface area (Å²) in [6, 6.07) is 10.9. The Balaban J connectivity index is 1.90. The van der Waals surface area contributed by atoms with E-state index in [-0.39, 0.29) is 28.8 Å². The average molecular weight is 403 g/mol. The maximum atomic E-state index is 12.1. The number of benzene rings is 2. The van der Waals surface area contributed by atoms with Crippen LogP contribution in [0.25, 0.3) is 0 Å². The molecule has 9 heteroatoms. The van der Waals surface area contributed by atoms with Crippen LogP contribution in [0.3, 0.4) is 0 Å². The Labute approximate surface area is 156 Å². The van der Waals surface area contributed by atoms with Crippen LogP contribution in [0.1, 0.15) is 6.42 Å². The lowest BCUT2D eigenvalue weighted by Crippen LogP contribution is -2.28. The highest BCUT2D eigenvalue weighted by Gasteiger charge is 2.17. The van der Waals surface area contributed by atoms with E-state index in [0.717, 1.165) is 0 Å². The Kier molecular flexibility index (Phi) is 6.66. The zero-order chi connectivity index (χ0) is 18.4. The maximum absolute atomic E-state index is 12.1. The molecule has 0 fully saturated rings. The molecule has 0 aromatic heterocycles. The molecule has 0 aliphatic carbocycles. The van der Waals surface area contributed by atoms with Crippen molar-refractivity contribution in [2.45, 2.75) is 11.3 Å². The van der Waals surface area contributed by atoms with Gasteiger partial charge in [-0.15, -0.1) is 0 Å². The van der Waals surface area contributed by atoms with Crippen molar-refractivity contribution in [1.29, 1.82) is 0 Å². The van der Waals surface area contributed by atoms with Gasteiger partial charge < -0.3 is 10.1 Å². The summed E-state index contributed by atoms with van der Waals surface area (Å²) in [5.74, 6) is 0.134. The van der Waals surface area contributed by atoms with Crippen LogP contribution in [-0.4, -0.2) is 28.0 Å². The first-order valence-electron chi connectivity index (χ1n) is 7.21. The van der Waals surface area contributed by atoms with Gasteiger partial charge in [0.25, 0.3) is 0 Å². The first-order valence-corrected chi connectivity index (χ1v) is 9.45. The van der Waals surface area contributed by atoms with E-state index >= 15 is 0 Å². The number of ether oxygens (including phenoxy) is 1. The number of carbonyl (C=O) groups is 1. The van der Waals surface area contributed by atoms with E-state index in [1.54, 1.807) is 30.3 Å². The van der Waals surface area contributed by atoms with Crippen LogP contribution in [0.4, 0.5) is 5.69 Å². The molecule has 1 amide bonds. The van der Waals surface area contributed by atoms with E-state index < -0.39 is 10.0 Å². The molecule has 6 nitrogen and oxygen atoms in total. The molecule has 25 heavy (non-hydrogen) atoms. The molecule has 0 heterocycles. The zero-order valence-electron chi connectivity index (χ0n) is 13.3. The van der Waals surface area contributed by atoms with Crippen molar-refractivity contribution >= 4 is 44.8 Å². The number of sulfonamides is 1. The summed E-state index contributed by atoms with van der Waals surface area (Å²) in [7, 11) is -2.28. The minimum absolute atomic E-state index is 0.0287. The number of hydrogen-bond acceptors (Lipinski definition) is 4. The number of amides is 1. The number of methoxy groups -OCH3 is 1. The second-order valence-electron chi connectivity index (χ2n) is 4.98. The van der Waals surface area contributed by atoms with Crippen molar-refractivity contribution in [3.8, 4) is 5.75 Å². The normalized spacial score (nSPS) is 11.2. The van der Waals surface area contributed by atoms with Crippen molar-refractivity contribution in [2.75, 3.05) is 19.0 Å². The maximum Gasteiger partial charge on any atom is 0.242 e. The molecule has 2 N–H and O–H groups in total. The summed E-state index contributed by atoms with van der Waals surface area (Å²) < 4.78 is 31.7. The Morgan fingerprint density at radius 3 is 2.48 bits per heavy atom. The standard InChI is InChI=1S/C16H16Cl2N2O4S/c1-24-14-7-6-11(10-13(14)18)20-16(21)8-9-19-25(22,23)15-5-3-2-4-12(15)17/h2-7,10,19H,8-9H2,1H3,(H,20,21). The number of anilines is 1. The second-order valence-corrected chi connectivity index (χ2v) is 7.53. The third kappa shape index (κ3) is 5.34. The number of halogens is 2. The van der Waals surface area contributed by atoms with Gasteiger partial charge in [-0.3, -0.25) is 4.79 Å². The Bertz CT molecular complexity index is 872.